The Morgan fingerprint density at radius 3 is 2.69 bits per heavy atom. The summed E-state index contributed by atoms with van der Waals surface area (Å²) in [5, 5.41) is 3.40. The number of nitrogens with one attached hydrogen (secondary N) is 1. The molecule has 32 heavy (non-hydrogen) atoms. The summed E-state index contributed by atoms with van der Waals surface area (Å²) in [6.45, 7) is 3.49. The van der Waals surface area contributed by atoms with Crippen molar-refractivity contribution in [3.05, 3.63) is 71.3 Å². The number of hydrogen-bond acceptors (Lipinski definition) is 5. The number of pyridine rings is 1. The fourth-order valence-corrected chi connectivity index (χ4v) is 4.28. The van der Waals surface area contributed by atoms with Crippen molar-refractivity contribution in [3.63, 3.8) is 0 Å². The van der Waals surface area contributed by atoms with E-state index in [4.69, 9.17) is 14.5 Å². The van der Waals surface area contributed by atoms with E-state index >= 15 is 0 Å². The van der Waals surface area contributed by atoms with Gasteiger partial charge in [0.25, 0.3) is 0 Å². The zero-order chi connectivity index (χ0) is 22.3. The van der Waals surface area contributed by atoms with E-state index in [9.17, 15) is 4.79 Å². The van der Waals surface area contributed by atoms with Crippen LogP contribution in [-0.2, 0) is 11.2 Å². The highest BCUT2D eigenvalue weighted by Crippen LogP contribution is 2.36. The highest BCUT2D eigenvalue weighted by atomic mass is 16.5. The molecule has 0 amide bonds. The lowest BCUT2D eigenvalue weighted by Crippen LogP contribution is -2.09. The highest BCUT2D eigenvalue weighted by molar-refractivity contribution is 5.65. The fraction of sp³-hybridized carbons (Fsp3) is 0.333. The van der Waals surface area contributed by atoms with Crippen molar-refractivity contribution in [2.24, 2.45) is 0 Å². The lowest BCUT2D eigenvalue weighted by atomic mass is 9.99. The number of aromatic nitrogens is 1. The number of methoxy groups -OCH3 is 1. The summed E-state index contributed by atoms with van der Waals surface area (Å²) in [5.41, 5.74) is 5.81. The SMILES string of the molecule is COc1ccc(-c2nc(NCCCOc3ccc4c(c3)CC[C@H]4CC=O)ccc2C)cc1. The Morgan fingerprint density at radius 2 is 1.91 bits per heavy atom. The van der Waals surface area contributed by atoms with Crippen molar-refractivity contribution in [3.8, 4) is 22.8 Å². The number of anilines is 1. The molecule has 5 nitrogen and oxygen atoms in total. The third-order valence-electron chi connectivity index (χ3n) is 6.05. The first-order valence-corrected chi connectivity index (χ1v) is 11.2. The number of carbonyl (C=O) groups excluding carboxylic acids is 1. The number of aryl methyl sites for hydroxylation is 2. The molecule has 0 saturated carbocycles. The van der Waals surface area contributed by atoms with Crippen molar-refractivity contribution in [2.75, 3.05) is 25.6 Å². The normalized spacial score (nSPS) is 14.6. The number of hydrogen-bond donors (Lipinski definition) is 1. The lowest BCUT2D eigenvalue weighted by Gasteiger charge is -2.12. The van der Waals surface area contributed by atoms with Gasteiger partial charge in [0.05, 0.1) is 19.4 Å². The molecule has 0 aliphatic heterocycles. The summed E-state index contributed by atoms with van der Waals surface area (Å²) < 4.78 is 11.2. The fourth-order valence-electron chi connectivity index (χ4n) is 4.28. The second-order valence-corrected chi connectivity index (χ2v) is 8.22. The molecule has 0 fully saturated rings. The van der Waals surface area contributed by atoms with E-state index in [0.29, 0.717) is 18.9 Å². The van der Waals surface area contributed by atoms with Crippen LogP contribution >= 0.6 is 0 Å². The Bertz CT molecular complexity index is 1060. The van der Waals surface area contributed by atoms with E-state index in [1.165, 1.54) is 11.1 Å². The standard InChI is InChI=1S/C27H30N2O3/c1-19-4-13-26(29-27(19)21-7-9-23(31-2)10-8-21)28-15-3-17-32-24-11-12-25-20(14-16-30)5-6-22(25)18-24/h4,7-13,16,18,20H,3,5-6,14-15,17H2,1-2H3,(H,28,29)/t20-/m0/s1. The average molecular weight is 431 g/mol. The second-order valence-electron chi connectivity index (χ2n) is 8.22. The van der Waals surface area contributed by atoms with E-state index in [2.05, 4.69) is 30.4 Å². The van der Waals surface area contributed by atoms with Crippen LogP contribution in [-0.4, -0.2) is 31.5 Å². The minimum atomic E-state index is 0.380. The van der Waals surface area contributed by atoms with Crippen LogP contribution in [0.25, 0.3) is 11.3 Å². The molecule has 1 aromatic heterocycles. The van der Waals surface area contributed by atoms with E-state index in [-0.39, 0.29) is 0 Å². The number of fused-ring (bicyclic) bond motifs is 1. The van der Waals surface area contributed by atoms with Gasteiger partial charge in [0.15, 0.2) is 0 Å². The Balaban J connectivity index is 1.27. The molecule has 0 bridgehead atoms. The van der Waals surface area contributed by atoms with Gasteiger partial charge in [0.1, 0.15) is 23.6 Å². The van der Waals surface area contributed by atoms with Gasteiger partial charge in [0.2, 0.25) is 0 Å². The molecule has 2 aromatic carbocycles. The smallest absolute Gasteiger partial charge is 0.126 e. The molecule has 0 radical (unpaired) electrons. The number of nitrogens with zero attached hydrogens (tertiary/aromatic N) is 1. The molecule has 0 saturated heterocycles. The van der Waals surface area contributed by atoms with Crippen molar-refractivity contribution < 1.29 is 14.3 Å². The quantitative estimate of drug-likeness (QED) is 0.337. The largest absolute Gasteiger partial charge is 0.497 e. The third kappa shape index (κ3) is 5.10. The van der Waals surface area contributed by atoms with Crippen molar-refractivity contribution >= 4 is 12.1 Å². The van der Waals surface area contributed by atoms with E-state index in [0.717, 1.165) is 66.2 Å². The zero-order valence-corrected chi connectivity index (χ0v) is 18.8. The van der Waals surface area contributed by atoms with Gasteiger partial charge in [-0.15, -0.1) is 0 Å². The number of carbonyl (C=O) groups is 1. The van der Waals surface area contributed by atoms with Crippen LogP contribution in [0.2, 0.25) is 0 Å². The molecule has 1 heterocycles. The molecule has 0 unspecified atom stereocenters. The van der Waals surface area contributed by atoms with Gasteiger partial charge in [-0.25, -0.2) is 4.98 Å². The molecule has 166 valence electrons. The van der Waals surface area contributed by atoms with Crippen molar-refractivity contribution in [1.29, 1.82) is 0 Å². The van der Waals surface area contributed by atoms with E-state index < -0.39 is 0 Å². The van der Waals surface area contributed by atoms with E-state index in [1.54, 1.807) is 7.11 Å². The number of ether oxygens (including phenoxy) is 2. The van der Waals surface area contributed by atoms with Gasteiger partial charge in [-0.2, -0.15) is 0 Å². The van der Waals surface area contributed by atoms with Crippen LogP contribution in [0.15, 0.2) is 54.6 Å². The van der Waals surface area contributed by atoms with Gasteiger partial charge >= 0.3 is 0 Å². The van der Waals surface area contributed by atoms with Crippen LogP contribution in [0.3, 0.4) is 0 Å². The summed E-state index contributed by atoms with van der Waals surface area (Å²) in [7, 11) is 1.67. The lowest BCUT2D eigenvalue weighted by molar-refractivity contribution is -0.108. The molecular formula is C27H30N2O3. The Labute approximate surface area is 189 Å². The van der Waals surface area contributed by atoms with E-state index in [1.807, 2.05) is 36.4 Å². The molecule has 1 atom stereocenters. The molecular weight excluding hydrogens is 400 g/mol. The van der Waals surface area contributed by atoms with Crippen molar-refractivity contribution in [2.45, 2.75) is 38.5 Å². The molecule has 1 aliphatic rings. The van der Waals surface area contributed by atoms with Gasteiger partial charge in [-0.05, 0) is 91.3 Å². The van der Waals surface area contributed by atoms with Crippen LogP contribution in [0, 0.1) is 6.92 Å². The maximum Gasteiger partial charge on any atom is 0.126 e. The predicted molar refractivity (Wildman–Crippen MR) is 128 cm³/mol. The first-order chi connectivity index (χ1) is 15.7. The van der Waals surface area contributed by atoms with Gasteiger partial charge < -0.3 is 19.6 Å². The third-order valence-corrected chi connectivity index (χ3v) is 6.05. The van der Waals surface area contributed by atoms with Crippen LogP contribution in [0.4, 0.5) is 5.82 Å². The van der Waals surface area contributed by atoms with Crippen molar-refractivity contribution in [1.82, 2.24) is 4.98 Å². The zero-order valence-electron chi connectivity index (χ0n) is 18.8. The topological polar surface area (TPSA) is 60.4 Å². The minimum absolute atomic E-state index is 0.380. The van der Waals surface area contributed by atoms with Gasteiger partial charge in [-0.1, -0.05) is 12.1 Å². The maximum absolute atomic E-state index is 10.8. The number of benzene rings is 2. The summed E-state index contributed by atoms with van der Waals surface area (Å²) in [6, 6.07) is 18.4. The van der Waals surface area contributed by atoms with Crippen LogP contribution in [0.5, 0.6) is 11.5 Å². The Hall–Kier alpha value is -3.34. The molecule has 3 aromatic rings. The van der Waals surface area contributed by atoms with Crippen LogP contribution < -0.4 is 14.8 Å². The van der Waals surface area contributed by atoms with Gasteiger partial charge in [-0.3, -0.25) is 0 Å². The first-order valence-electron chi connectivity index (χ1n) is 11.2. The first kappa shape index (κ1) is 21.9. The number of aldehydes is 1. The molecule has 1 aliphatic carbocycles. The summed E-state index contributed by atoms with van der Waals surface area (Å²) >= 11 is 0. The van der Waals surface area contributed by atoms with Crippen LogP contribution in [0.1, 0.15) is 41.9 Å². The predicted octanol–water partition coefficient (Wildman–Crippen LogP) is 5.57. The Kier molecular flexibility index (Phi) is 7.05. The monoisotopic (exact) mass is 430 g/mol. The maximum atomic E-state index is 10.8. The molecule has 1 N–H and O–H groups in total. The molecule has 5 heteroatoms. The minimum Gasteiger partial charge on any atom is -0.497 e. The summed E-state index contributed by atoms with van der Waals surface area (Å²) in [5.74, 6) is 2.99. The second kappa shape index (κ2) is 10.3. The molecule has 0 spiro atoms. The highest BCUT2D eigenvalue weighted by Gasteiger charge is 2.22. The summed E-state index contributed by atoms with van der Waals surface area (Å²) in [4.78, 5) is 15.6. The molecule has 4 rings (SSSR count). The summed E-state index contributed by atoms with van der Waals surface area (Å²) in [6.07, 6.45) is 4.61. The van der Waals surface area contributed by atoms with Gasteiger partial charge in [0, 0.05) is 18.5 Å². The number of rotatable bonds is 10. The Morgan fingerprint density at radius 1 is 1.09 bits per heavy atom. The average Bonchev–Trinajstić information content (AvgIpc) is 3.22.